The van der Waals surface area contributed by atoms with Crippen LogP contribution in [0.2, 0.25) is 0 Å². The molecule has 0 bridgehead atoms. The average Bonchev–Trinajstić information content (AvgIpc) is 2.33. The molecule has 0 spiro atoms. The highest BCUT2D eigenvalue weighted by Gasteiger charge is 1.96. The summed E-state index contributed by atoms with van der Waals surface area (Å²) in [6.45, 7) is 0. The first-order chi connectivity index (χ1) is 7.86. The minimum Gasteiger partial charge on any atom is -0.310 e. The van der Waals surface area contributed by atoms with Crippen molar-refractivity contribution in [3.63, 3.8) is 0 Å². The Bertz CT molecular complexity index is 368. The first-order valence-electron chi connectivity index (χ1n) is 4.78. The van der Waals surface area contributed by atoms with Gasteiger partial charge in [0, 0.05) is 0 Å². The Balaban J connectivity index is 0.000000386. The Hall–Kier alpha value is -0.968. The van der Waals surface area contributed by atoms with Crippen molar-refractivity contribution in [1.82, 2.24) is 0 Å². The van der Waals surface area contributed by atoms with E-state index in [1.54, 1.807) is 0 Å². The van der Waals surface area contributed by atoms with Crippen LogP contribution in [0.3, 0.4) is 0 Å². The van der Waals surface area contributed by atoms with E-state index in [2.05, 4.69) is 60.7 Å². The molecule has 1 N–H and O–H groups in total. The monoisotopic (exact) mass is 245 g/mol. The molecule has 16 heavy (non-hydrogen) atoms. The van der Waals surface area contributed by atoms with Crippen LogP contribution < -0.4 is 8.85 Å². The third kappa shape index (κ3) is 5.21. The Morgan fingerprint density at radius 2 is 1.12 bits per heavy atom. The normalized spacial score (nSPS) is 9.06. The highest BCUT2D eigenvalue weighted by atomic mass is 31.1. The predicted octanol–water partition coefficient (Wildman–Crippen LogP) is 1.53. The summed E-state index contributed by atoms with van der Waals surface area (Å²) in [6.07, 6.45) is 0. The second kappa shape index (κ2) is 8.22. The van der Waals surface area contributed by atoms with Crippen molar-refractivity contribution < 1.29 is 9.46 Å². The zero-order valence-corrected chi connectivity index (χ0v) is 10.7. The van der Waals surface area contributed by atoms with Crippen LogP contribution in [0.25, 0.3) is 0 Å². The maximum absolute atomic E-state index is 8.46. The van der Waals surface area contributed by atoms with Crippen LogP contribution in [0.5, 0.6) is 0 Å². The molecule has 2 nitrogen and oxygen atoms in total. The second-order valence-corrected chi connectivity index (χ2v) is 4.83. The van der Waals surface area contributed by atoms with Gasteiger partial charge in [-0.15, -0.1) is 8.85 Å². The van der Waals surface area contributed by atoms with Crippen molar-refractivity contribution in [3.05, 3.63) is 60.7 Å². The fraction of sp³-hybridized carbons (Fsp3) is 0. The maximum Gasteiger partial charge on any atom is 0.324 e. The van der Waals surface area contributed by atoms with E-state index in [-0.39, 0.29) is 15.2 Å². The molecule has 0 amide bonds. The number of hydrogen-bond acceptors (Lipinski definition) is 1. The second-order valence-electron chi connectivity index (χ2n) is 3.05. The number of hydrogen-bond donors (Lipinski definition) is 1. The zero-order valence-electron chi connectivity index (χ0n) is 8.65. The predicted molar refractivity (Wildman–Crippen MR) is 67.7 cm³/mol. The number of rotatable bonds is 2. The van der Waals surface area contributed by atoms with Crippen molar-refractivity contribution in [3.8, 4) is 0 Å². The van der Waals surface area contributed by atoms with Crippen molar-refractivity contribution in [1.29, 1.82) is 0 Å². The quantitative estimate of drug-likeness (QED) is 0.643. The maximum atomic E-state index is 8.46. The van der Waals surface area contributed by atoms with Crippen molar-refractivity contribution in [2.75, 3.05) is 0 Å². The summed E-state index contributed by atoms with van der Waals surface area (Å²) >= 11 is 0.271. The van der Waals surface area contributed by atoms with E-state index >= 15 is 0 Å². The highest BCUT2D eigenvalue weighted by molar-refractivity contribution is 7.16. The molecule has 2 aromatic carbocycles. The van der Waals surface area contributed by atoms with E-state index in [9.17, 15) is 0 Å². The molecule has 0 saturated heterocycles. The minimum atomic E-state index is -0.833. The zero-order chi connectivity index (χ0) is 11.6. The van der Waals surface area contributed by atoms with Gasteiger partial charge < -0.3 is 4.89 Å². The third-order valence-corrected chi connectivity index (χ3v) is 3.37. The van der Waals surface area contributed by atoms with Gasteiger partial charge in [0.05, 0.1) is 0 Å². The van der Waals surface area contributed by atoms with E-state index in [0.29, 0.717) is 0 Å². The summed E-state index contributed by atoms with van der Waals surface area (Å²) in [7, 11) is -0.833. The Labute approximate surface area is 103 Å². The Morgan fingerprint density at radius 1 is 0.812 bits per heavy atom. The lowest BCUT2D eigenvalue weighted by atomic mass is 10.4. The Morgan fingerprint density at radius 3 is 1.44 bits per heavy atom. The molecule has 0 unspecified atom stereocenters. The van der Waals surface area contributed by atoms with E-state index in [4.69, 9.17) is 9.46 Å². The summed E-state index contributed by atoms with van der Waals surface area (Å²) in [5.41, 5.74) is 0. The topological polar surface area (TPSA) is 37.3 Å². The largest absolute Gasteiger partial charge is 0.324 e. The lowest BCUT2D eigenvalue weighted by molar-refractivity contribution is 0.524. The van der Waals surface area contributed by atoms with Crippen LogP contribution in [-0.2, 0) is 4.57 Å². The summed E-state index contributed by atoms with van der Waals surface area (Å²) in [5.74, 6) is 0. The van der Waals surface area contributed by atoms with Gasteiger partial charge in [-0.2, -0.15) is 0 Å². The lowest BCUT2D eigenvalue weighted by Gasteiger charge is -1.98. The van der Waals surface area contributed by atoms with Gasteiger partial charge in [-0.3, -0.25) is 0 Å². The molecule has 0 atom stereocenters. The van der Waals surface area contributed by atoms with Gasteiger partial charge in [-0.25, -0.2) is 4.57 Å². The molecule has 0 aromatic heterocycles. The van der Waals surface area contributed by atoms with Gasteiger partial charge >= 0.3 is 8.69 Å². The van der Waals surface area contributed by atoms with Crippen molar-refractivity contribution in [2.45, 2.75) is 0 Å². The summed E-state index contributed by atoms with van der Waals surface area (Å²) in [6, 6.07) is 21.3. The molecular formula is C12H11AlO2P. The minimum absolute atomic E-state index is 0.271. The number of benzene rings is 2. The summed E-state index contributed by atoms with van der Waals surface area (Å²) in [4.78, 5) is 6.99. The molecule has 2 rings (SSSR count). The first-order valence-corrected chi connectivity index (χ1v) is 6.70. The van der Waals surface area contributed by atoms with Crippen LogP contribution >= 0.6 is 8.69 Å². The van der Waals surface area contributed by atoms with E-state index < -0.39 is 8.69 Å². The summed E-state index contributed by atoms with van der Waals surface area (Å²) < 4.78 is 11.4. The van der Waals surface area contributed by atoms with Crippen molar-refractivity contribution in [2.24, 2.45) is 0 Å². The molecule has 0 aliphatic carbocycles. The fourth-order valence-corrected chi connectivity index (χ4v) is 2.51. The molecule has 4 heteroatoms. The molecule has 1 radical (unpaired) electrons. The molecule has 0 aliphatic heterocycles. The van der Waals surface area contributed by atoms with E-state index in [0.717, 1.165) is 0 Å². The fourth-order valence-electron chi connectivity index (χ4n) is 1.29. The molecule has 79 valence electrons. The van der Waals surface area contributed by atoms with E-state index in [1.807, 2.05) is 0 Å². The average molecular weight is 245 g/mol. The highest BCUT2D eigenvalue weighted by Crippen LogP contribution is 1.84. The Kier molecular flexibility index (Phi) is 6.73. The molecule has 0 heterocycles. The lowest BCUT2D eigenvalue weighted by Crippen LogP contribution is -2.26. The van der Waals surface area contributed by atoms with Crippen LogP contribution in [0.4, 0.5) is 0 Å². The van der Waals surface area contributed by atoms with Gasteiger partial charge in [0.1, 0.15) is 0 Å². The molecule has 2 aromatic rings. The molecule has 0 saturated carbocycles. The summed E-state index contributed by atoms with van der Waals surface area (Å²) in [5, 5.41) is 0. The van der Waals surface area contributed by atoms with Crippen LogP contribution in [0, 0.1) is 0 Å². The van der Waals surface area contributed by atoms with Gasteiger partial charge in [0.15, 0.2) is 0 Å². The molecule has 0 aliphatic rings. The van der Waals surface area contributed by atoms with Crippen molar-refractivity contribution >= 4 is 32.8 Å². The van der Waals surface area contributed by atoms with Crippen LogP contribution in [-0.4, -0.2) is 20.1 Å². The van der Waals surface area contributed by atoms with Gasteiger partial charge in [-0.05, 0) is 0 Å². The van der Waals surface area contributed by atoms with Gasteiger partial charge in [0.25, 0.3) is 15.2 Å². The smallest absolute Gasteiger partial charge is 0.310 e. The van der Waals surface area contributed by atoms with Crippen LogP contribution in [0.15, 0.2) is 60.7 Å². The molecule has 0 fully saturated rings. The SMILES string of the molecule is O=PO.c1cc[c]([Al][c]2ccccc2)cc1. The standard InChI is InChI=1S/2C6H5.Al.HO2P/c2*1-2-4-6-5-3-1;;1-3-2/h2*1-5H;;(H,1,2). The molecular weight excluding hydrogens is 234 g/mol. The van der Waals surface area contributed by atoms with Crippen LogP contribution in [0.1, 0.15) is 0 Å². The van der Waals surface area contributed by atoms with Gasteiger partial charge in [-0.1, -0.05) is 60.7 Å². The van der Waals surface area contributed by atoms with E-state index in [1.165, 1.54) is 8.85 Å². The van der Waals surface area contributed by atoms with Gasteiger partial charge in [0.2, 0.25) is 0 Å². The first kappa shape index (κ1) is 13.1. The third-order valence-electron chi connectivity index (χ3n) is 1.93.